The highest BCUT2D eigenvalue weighted by Crippen LogP contribution is 2.50. The number of likely N-dealkylation sites (tertiary alicyclic amines) is 2. The smallest absolute Gasteiger partial charge is 0.318 e. The van der Waals surface area contributed by atoms with E-state index in [2.05, 4.69) is 88.6 Å². The molecule has 1 aromatic carbocycles. The van der Waals surface area contributed by atoms with Crippen molar-refractivity contribution in [3.8, 4) is 35.7 Å². The summed E-state index contributed by atoms with van der Waals surface area (Å²) in [5.41, 5.74) is 6.47. The molecule has 414 valence electrons. The highest BCUT2D eigenvalue weighted by molar-refractivity contribution is 7.10. The number of anilines is 2. The number of ether oxygens (including phenoxy) is 4. The first-order valence-electron chi connectivity index (χ1n) is 28.4. The maximum Gasteiger partial charge on any atom is 0.318 e. The Morgan fingerprint density at radius 1 is 0.734 bits per heavy atom. The number of piperazine rings is 2. The van der Waals surface area contributed by atoms with E-state index in [1.165, 1.54) is 28.2 Å². The molecule has 4 fully saturated rings. The Hall–Kier alpha value is -6.80. The van der Waals surface area contributed by atoms with Crippen molar-refractivity contribution in [3.63, 3.8) is 0 Å². The molecule has 8 aliphatic rings. The first-order chi connectivity index (χ1) is 38.4. The van der Waals surface area contributed by atoms with E-state index in [0.717, 1.165) is 129 Å². The number of hydrogen-bond donors (Lipinski definition) is 0. The van der Waals surface area contributed by atoms with Crippen molar-refractivity contribution in [2.24, 2.45) is 10.8 Å². The molecule has 7 atom stereocenters. The van der Waals surface area contributed by atoms with Crippen LogP contribution in [0.4, 0.5) is 11.6 Å². The predicted octanol–water partition coefficient (Wildman–Crippen LogP) is 6.12. The quantitative estimate of drug-likeness (QED) is 0.139. The Morgan fingerprint density at radius 2 is 1.34 bits per heavy atom. The summed E-state index contributed by atoms with van der Waals surface area (Å²) in [7, 11) is 4.32. The Bertz CT molecular complexity index is 3100. The van der Waals surface area contributed by atoms with Gasteiger partial charge in [0.25, 0.3) is 0 Å². The molecule has 2 spiro atoms. The molecule has 0 N–H and O–H groups in total. The summed E-state index contributed by atoms with van der Waals surface area (Å²) in [5.74, 6) is 3.62. The molecule has 6 aliphatic heterocycles. The van der Waals surface area contributed by atoms with Crippen molar-refractivity contribution in [3.05, 3.63) is 93.5 Å². The van der Waals surface area contributed by atoms with Crippen LogP contribution in [0.5, 0.6) is 23.5 Å². The highest BCUT2D eigenvalue weighted by Gasteiger charge is 2.46. The summed E-state index contributed by atoms with van der Waals surface area (Å²) in [4.78, 5) is 60.5. The van der Waals surface area contributed by atoms with Gasteiger partial charge in [0.1, 0.15) is 36.3 Å². The standard InChI is InChI=1S/C60H72N12O6S/c1-5-52(73)71-24-22-69(33-41(71)14-19-61)55-46-12-17-59(29-48(46)63-57(65-55)75-35-43-10-8-21-67(43)3)28-39-9-7-11-45(54(39)78-38-59)40-27-44(68(4)32-40)36-76-58-64-49-30-60(31-51-50(77-37-60)16-26-79-51)18-13-47(49)56(66-58)70-23-25-72(53(74)6-2)42(34-70)15-20-62/h5-7,9,11,16,26,40-44H,1-2,8,10,12-15,17-18,21-25,27-38H2,3-4H3. The van der Waals surface area contributed by atoms with Gasteiger partial charge in [0, 0.05) is 90.6 Å². The van der Waals surface area contributed by atoms with Gasteiger partial charge in [-0.3, -0.25) is 14.5 Å². The van der Waals surface area contributed by atoms with Crippen LogP contribution in [0.3, 0.4) is 0 Å². The second-order valence-corrected chi connectivity index (χ2v) is 24.7. The van der Waals surface area contributed by atoms with Gasteiger partial charge in [-0.2, -0.15) is 30.5 Å². The van der Waals surface area contributed by atoms with Gasteiger partial charge in [0.05, 0.1) is 61.7 Å². The van der Waals surface area contributed by atoms with Crippen LogP contribution >= 0.6 is 11.3 Å². The van der Waals surface area contributed by atoms with Gasteiger partial charge in [-0.25, -0.2) is 0 Å². The number of carbonyl (C=O) groups excluding carboxylic acids is 2. The summed E-state index contributed by atoms with van der Waals surface area (Å²) in [5, 5.41) is 21.7. The third-order valence-corrected chi connectivity index (χ3v) is 19.6. The summed E-state index contributed by atoms with van der Waals surface area (Å²) >= 11 is 1.76. The number of nitrogens with zero attached hydrogens (tertiary/aromatic N) is 12. The molecule has 2 aliphatic carbocycles. The molecule has 79 heavy (non-hydrogen) atoms. The van der Waals surface area contributed by atoms with E-state index in [0.29, 0.717) is 83.8 Å². The maximum absolute atomic E-state index is 12.9. The summed E-state index contributed by atoms with van der Waals surface area (Å²) in [6.45, 7) is 14.6. The van der Waals surface area contributed by atoms with Gasteiger partial charge in [0.15, 0.2) is 0 Å². The molecule has 0 radical (unpaired) electrons. The van der Waals surface area contributed by atoms with Crippen LogP contribution in [-0.2, 0) is 48.1 Å². The fourth-order valence-corrected chi connectivity index (χ4v) is 15.3. The van der Waals surface area contributed by atoms with Crippen molar-refractivity contribution >= 4 is 34.8 Å². The molecule has 7 unspecified atom stereocenters. The van der Waals surface area contributed by atoms with Crippen molar-refractivity contribution in [2.45, 2.75) is 114 Å². The highest BCUT2D eigenvalue weighted by atomic mass is 32.1. The molecule has 0 bridgehead atoms. The molecular weight excluding hydrogens is 1020 g/mol. The zero-order chi connectivity index (χ0) is 54.4. The van der Waals surface area contributed by atoms with Crippen LogP contribution in [0.25, 0.3) is 0 Å². The first kappa shape index (κ1) is 52.9. The van der Waals surface area contributed by atoms with Crippen LogP contribution in [0.2, 0.25) is 0 Å². The Labute approximate surface area is 467 Å². The minimum absolute atomic E-state index is 0.0680. The van der Waals surface area contributed by atoms with Crippen LogP contribution in [0.1, 0.15) is 89.4 Å². The van der Waals surface area contributed by atoms with E-state index in [4.69, 9.17) is 38.9 Å². The third kappa shape index (κ3) is 10.4. The first-order valence-corrected chi connectivity index (χ1v) is 29.3. The van der Waals surface area contributed by atoms with Crippen molar-refractivity contribution in [1.82, 2.24) is 39.5 Å². The van der Waals surface area contributed by atoms with E-state index in [-0.39, 0.29) is 59.5 Å². The number of fused-ring (bicyclic) bond motifs is 4. The monoisotopic (exact) mass is 1090 g/mol. The zero-order valence-electron chi connectivity index (χ0n) is 45.7. The molecule has 18 nitrogen and oxygen atoms in total. The molecule has 4 saturated heterocycles. The Kier molecular flexibility index (Phi) is 14.7. The normalized spacial score (nSPS) is 27.4. The van der Waals surface area contributed by atoms with E-state index >= 15 is 0 Å². The lowest BCUT2D eigenvalue weighted by Gasteiger charge is -2.44. The topological polar surface area (TPSA) is 190 Å². The number of hydrogen-bond acceptors (Lipinski definition) is 17. The minimum Gasteiger partial charge on any atom is -0.492 e. The average molecular weight is 1090 g/mol. The van der Waals surface area contributed by atoms with Crippen molar-refractivity contribution in [1.29, 1.82) is 10.5 Å². The van der Waals surface area contributed by atoms with E-state index in [1.54, 1.807) is 21.1 Å². The summed E-state index contributed by atoms with van der Waals surface area (Å²) in [6.07, 6.45) is 13.0. The van der Waals surface area contributed by atoms with Gasteiger partial charge in [-0.15, -0.1) is 11.3 Å². The number of aromatic nitrogens is 4. The lowest BCUT2D eigenvalue weighted by atomic mass is 9.68. The predicted molar refractivity (Wildman–Crippen MR) is 299 cm³/mol. The lowest BCUT2D eigenvalue weighted by molar-refractivity contribution is -0.129. The molecular formula is C60H72N12O6S. The third-order valence-electron chi connectivity index (χ3n) is 18.7. The average Bonchev–Trinajstić information content (AvgIpc) is 4.27. The number of para-hydroxylation sites is 1. The number of nitriles is 2. The van der Waals surface area contributed by atoms with Gasteiger partial charge < -0.3 is 43.4 Å². The fourth-order valence-electron chi connectivity index (χ4n) is 14.3. The summed E-state index contributed by atoms with van der Waals surface area (Å²) < 4.78 is 26.6. The molecule has 9 heterocycles. The van der Waals surface area contributed by atoms with Gasteiger partial charge in [-0.05, 0) is 126 Å². The second kappa shape index (κ2) is 22.0. The Balaban J connectivity index is 0.760. The number of carbonyl (C=O) groups is 2. The van der Waals surface area contributed by atoms with E-state index in [9.17, 15) is 20.1 Å². The number of rotatable bonds is 13. The van der Waals surface area contributed by atoms with Crippen LogP contribution in [-0.4, -0.2) is 168 Å². The molecule has 4 aromatic rings. The van der Waals surface area contributed by atoms with E-state index < -0.39 is 0 Å². The zero-order valence-corrected chi connectivity index (χ0v) is 46.6. The van der Waals surface area contributed by atoms with Gasteiger partial charge in [-0.1, -0.05) is 31.4 Å². The van der Waals surface area contributed by atoms with Crippen LogP contribution < -0.4 is 28.7 Å². The molecule has 3 aromatic heterocycles. The number of benzene rings is 1. The van der Waals surface area contributed by atoms with Crippen molar-refractivity contribution < 1.29 is 28.5 Å². The summed E-state index contributed by atoms with van der Waals surface area (Å²) in [6, 6.07) is 14.0. The maximum atomic E-state index is 12.9. The van der Waals surface area contributed by atoms with E-state index in [1.807, 2.05) is 0 Å². The largest absolute Gasteiger partial charge is 0.492 e. The molecule has 2 amide bonds. The number of likely N-dealkylation sites (N-methyl/N-ethyl adjacent to an activating group) is 2. The minimum atomic E-state index is -0.287. The second-order valence-electron chi connectivity index (χ2n) is 23.7. The Morgan fingerprint density at radius 3 is 1.94 bits per heavy atom. The van der Waals surface area contributed by atoms with Gasteiger partial charge in [0.2, 0.25) is 11.8 Å². The SMILES string of the molecule is C=CC(=O)N1CCN(c2nc(OCC3CCCN3C)nc3c2CCC2(COc4c(cccc4C4CC(COc5nc6c(c(N7CCN(C(=O)C=C)C(CC#N)C7)n5)CCC5(COc7ccsc7C5)C6)N(C)C4)C2)C3)CC1CC#N. The van der Waals surface area contributed by atoms with Crippen LogP contribution in [0, 0.1) is 33.5 Å². The van der Waals surface area contributed by atoms with Crippen LogP contribution in [0.15, 0.2) is 55.0 Å². The van der Waals surface area contributed by atoms with Gasteiger partial charge >= 0.3 is 12.0 Å². The van der Waals surface area contributed by atoms with Crippen molar-refractivity contribution in [2.75, 3.05) is 103 Å². The molecule has 19 heteroatoms. The number of amides is 2. The molecule has 0 saturated carbocycles. The fraction of sp³-hybridized carbons (Fsp3) is 0.567. The molecule has 12 rings (SSSR count). The number of thiophene rings is 1. The lowest BCUT2D eigenvalue weighted by Crippen LogP contribution is -2.55.